The number of allylic oxidation sites excluding steroid dienone is 1. The Labute approximate surface area is 91.1 Å². The van der Waals surface area contributed by atoms with Crippen molar-refractivity contribution >= 4 is 5.97 Å². The molecule has 0 bridgehead atoms. The summed E-state index contributed by atoms with van der Waals surface area (Å²) in [6, 6.07) is 0. The van der Waals surface area contributed by atoms with Crippen molar-refractivity contribution in [3.63, 3.8) is 0 Å². The van der Waals surface area contributed by atoms with Crippen molar-refractivity contribution in [2.75, 3.05) is 6.61 Å². The highest BCUT2D eigenvalue weighted by Crippen LogP contribution is 2.27. The smallest absolute Gasteiger partial charge is 0.306 e. The molecule has 3 heteroatoms. The van der Waals surface area contributed by atoms with E-state index in [0.717, 1.165) is 12.8 Å². The van der Waals surface area contributed by atoms with Gasteiger partial charge in [0.25, 0.3) is 0 Å². The number of carbonyl (C=O) groups excluding carboxylic acids is 1. The van der Waals surface area contributed by atoms with Crippen LogP contribution in [0.1, 0.15) is 45.4 Å². The number of esters is 1. The third-order valence-electron chi connectivity index (χ3n) is 2.86. The van der Waals surface area contributed by atoms with Crippen molar-refractivity contribution in [1.82, 2.24) is 0 Å². The fourth-order valence-corrected chi connectivity index (χ4v) is 1.88. The van der Waals surface area contributed by atoms with Crippen LogP contribution in [0.4, 0.5) is 0 Å². The van der Waals surface area contributed by atoms with E-state index in [9.17, 15) is 4.79 Å². The molecule has 86 valence electrons. The maximum absolute atomic E-state index is 11.3. The van der Waals surface area contributed by atoms with Gasteiger partial charge in [0.1, 0.15) is 6.61 Å². The molecule has 1 saturated carbocycles. The molecular weight excluding hydrogens is 192 g/mol. The lowest BCUT2D eigenvalue weighted by molar-refractivity contribution is -0.143. The molecule has 1 fully saturated rings. The second kappa shape index (κ2) is 6.49. The Bertz CT molecular complexity index is 227. The van der Waals surface area contributed by atoms with Gasteiger partial charge in [-0.05, 0) is 24.8 Å². The van der Waals surface area contributed by atoms with Crippen LogP contribution < -0.4 is 0 Å². The van der Waals surface area contributed by atoms with Gasteiger partial charge < -0.3 is 9.84 Å². The van der Waals surface area contributed by atoms with Gasteiger partial charge in [-0.15, -0.1) is 0 Å². The monoisotopic (exact) mass is 212 g/mol. The summed E-state index contributed by atoms with van der Waals surface area (Å²) in [6.45, 7) is 2.05. The molecule has 0 heterocycles. The van der Waals surface area contributed by atoms with Crippen molar-refractivity contribution < 1.29 is 14.6 Å². The number of hydrogen-bond acceptors (Lipinski definition) is 3. The molecule has 0 unspecified atom stereocenters. The fraction of sp³-hybridized carbons (Fsp3) is 0.750. The van der Waals surface area contributed by atoms with Gasteiger partial charge in [0.05, 0.1) is 5.76 Å². The van der Waals surface area contributed by atoms with Crippen LogP contribution in [0.25, 0.3) is 0 Å². The molecule has 1 aliphatic rings. The third-order valence-corrected chi connectivity index (χ3v) is 2.86. The number of carbonyl (C=O) groups is 1. The van der Waals surface area contributed by atoms with Crippen LogP contribution in [0.5, 0.6) is 0 Å². The topological polar surface area (TPSA) is 46.5 Å². The first-order chi connectivity index (χ1) is 7.22. The second-order valence-corrected chi connectivity index (χ2v) is 4.09. The minimum Gasteiger partial charge on any atom is -0.513 e. The van der Waals surface area contributed by atoms with Gasteiger partial charge in [0.15, 0.2) is 0 Å². The van der Waals surface area contributed by atoms with Crippen LogP contribution in [-0.2, 0) is 9.53 Å². The maximum Gasteiger partial charge on any atom is 0.306 e. The Kier molecular flexibility index (Phi) is 5.22. The quantitative estimate of drug-likeness (QED) is 0.563. The minimum absolute atomic E-state index is 0.137. The number of aliphatic hydroxyl groups excluding tert-OH is 1. The van der Waals surface area contributed by atoms with Gasteiger partial charge in [-0.3, -0.25) is 4.79 Å². The summed E-state index contributed by atoms with van der Waals surface area (Å²) in [7, 11) is 0. The summed E-state index contributed by atoms with van der Waals surface area (Å²) in [5.74, 6) is 0.673. The van der Waals surface area contributed by atoms with Crippen molar-refractivity contribution in [2.45, 2.75) is 45.4 Å². The highest BCUT2D eigenvalue weighted by atomic mass is 16.5. The van der Waals surface area contributed by atoms with Crippen LogP contribution in [0.2, 0.25) is 0 Å². The lowest BCUT2D eigenvalue weighted by Crippen LogP contribution is -2.09. The molecule has 0 saturated heterocycles. The van der Waals surface area contributed by atoms with E-state index in [1.54, 1.807) is 6.08 Å². The van der Waals surface area contributed by atoms with E-state index >= 15 is 0 Å². The molecule has 0 spiro atoms. The number of aliphatic hydroxyl groups is 1. The zero-order valence-corrected chi connectivity index (χ0v) is 9.37. The summed E-state index contributed by atoms with van der Waals surface area (Å²) in [4.78, 5) is 11.3. The molecule has 0 amide bonds. The van der Waals surface area contributed by atoms with E-state index in [1.807, 2.05) is 6.92 Å². The van der Waals surface area contributed by atoms with Crippen LogP contribution in [0.15, 0.2) is 11.8 Å². The molecule has 0 aliphatic heterocycles. The first-order valence-electron chi connectivity index (χ1n) is 5.76. The van der Waals surface area contributed by atoms with E-state index in [1.165, 1.54) is 12.8 Å². The molecule has 0 aromatic heterocycles. The van der Waals surface area contributed by atoms with E-state index in [4.69, 9.17) is 9.84 Å². The molecule has 0 aromatic rings. The average molecular weight is 212 g/mol. The first-order valence-corrected chi connectivity index (χ1v) is 5.76. The van der Waals surface area contributed by atoms with Crippen molar-refractivity contribution in [2.24, 2.45) is 5.92 Å². The highest BCUT2D eigenvalue weighted by Gasteiger charge is 2.18. The van der Waals surface area contributed by atoms with Gasteiger partial charge in [-0.2, -0.15) is 0 Å². The molecule has 1 rings (SSSR count). The number of rotatable bonds is 5. The maximum atomic E-state index is 11.3. The van der Waals surface area contributed by atoms with Crippen LogP contribution >= 0.6 is 0 Å². The normalized spacial score (nSPS) is 18.1. The third kappa shape index (κ3) is 4.86. The lowest BCUT2D eigenvalue weighted by atomic mass is 10.1. The van der Waals surface area contributed by atoms with Gasteiger partial charge in [-0.25, -0.2) is 0 Å². The second-order valence-electron chi connectivity index (χ2n) is 4.09. The summed E-state index contributed by atoms with van der Waals surface area (Å²) in [5.41, 5.74) is 0. The largest absolute Gasteiger partial charge is 0.513 e. The first kappa shape index (κ1) is 12.1. The highest BCUT2D eigenvalue weighted by molar-refractivity contribution is 5.69. The summed E-state index contributed by atoms with van der Waals surface area (Å²) in [6.07, 6.45) is 7.48. The standard InChI is InChI=1S/C12H20O3/c1-2-11(13)7-8-15-12(14)9-10-5-3-4-6-10/h7,10,13H,2-6,8-9H2,1H3/b11-7-. The van der Waals surface area contributed by atoms with Crippen molar-refractivity contribution in [3.05, 3.63) is 11.8 Å². The zero-order chi connectivity index (χ0) is 11.1. The minimum atomic E-state index is -0.137. The van der Waals surface area contributed by atoms with E-state index in [0.29, 0.717) is 18.8 Å². The van der Waals surface area contributed by atoms with Gasteiger partial charge >= 0.3 is 5.97 Å². The Morgan fingerprint density at radius 2 is 2.13 bits per heavy atom. The summed E-state index contributed by atoms with van der Waals surface area (Å²) < 4.78 is 5.00. The van der Waals surface area contributed by atoms with E-state index in [2.05, 4.69) is 0 Å². The average Bonchev–Trinajstić information content (AvgIpc) is 2.70. The lowest BCUT2D eigenvalue weighted by Gasteiger charge is -2.07. The number of ether oxygens (including phenoxy) is 1. The predicted molar refractivity (Wildman–Crippen MR) is 58.5 cm³/mol. The molecule has 1 aliphatic carbocycles. The van der Waals surface area contributed by atoms with Crippen LogP contribution in [0.3, 0.4) is 0 Å². The van der Waals surface area contributed by atoms with Crippen molar-refractivity contribution in [1.29, 1.82) is 0 Å². The van der Waals surface area contributed by atoms with Gasteiger partial charge in [-0.1, -0.05) is 19.8 Å². The molecule has 0 radical (unpaired) electrons. The van der Waals surface area contributed by atoms with Crippen LogP contribution in [0, 0.1) is 5.92 Å². The number of hydrogen-bond donors (Lipinski definition) is 1. The fourth-order valence-electron chi connectivity index (χ4n) is 1.88. The predicted octanol–water partition coefficient (Wildman–Crippen LogP) is 2.96. The molecule has 3 nitrogen and oxygen atoms in total. The van der Waals surface area contributed by atoms with Crippen molar-refractivity contribution in [3.8, 4) is 0 Å². The molecule has 0 atom stereocenters. The van der Waals surface area contributed by atoms with Gasteiger partial charge in [0.2, 0.25) is 0 Å². The zero-order valence-electron chi connectivity index (χ0n) is 9.37. The molecular formula is C12H20O3. The molecule has 0 aromatic carbocycles. The Morgan fingerprint density at radius 1 is 1.47 bits per heavy atom. The molecule has 1 N–H and O–H groups in total. The van der Waals surface area contributed by atoms with Crippen LogP contribution in [-0.4, -0.2) is 17.7 Å². The summed E-state index contributed by atoms with van der Waals surface area (Å²) >= 11 is 0. The van der Waals surface area contributed by atoms with E-state index in [-0.39, 0.29) is 18.3 Å². The van der Waals surface area contributed by atoms with Gasteiger partial charge in [0, 0.05) is 12.8 Å². The van der Waals surface area contributed by atoms with E-state index < -0.39 is 0 Å². The molecule has 15 heavy (non-hydrogen) atoms. The Balaban J connectivity index is 2.13. The Morgan fingerprint density at radius 3 is 2.73 bits per heavy atom. The Hall–Kier alpha value is -0.990. The SMILES string of the molecule is CC/C(O)=C/COC(=O)CC1CCCC1. The summed E-state index contributed by atoms with van der Waals surface area (Å²) in [5, 5.41) is 9.12.